The number of rotatable bonds is 5. The zero-order valence-corrected chi connectivity index (χ0v) is 11.7. The highest BCUT2D eigenvalue weighted by Crippen LogP contribution is 2.35. The van der Waals surface area contributed by atoms with Crippen LogP contribution in [0.4, 0.5) is 0 Å². The molecule has 3 rings (SSSR count). The van der Waals surface area contributed by atoms with Crippen LogP contribution in [0.5, 0.6) is 0 Å². The lowest BCUT2D eigenvalue weighted by Gasteiger charge is -2.30. The summed E-state index contributed by atoms with van der Waals surface area (Å²) in [6.45, 7) is 3.25. The minimum absolute atomic E-state index is 0.528. The monoisotopic (exact) mass is 253 g/mol. The van der Waals surface area contributed by atoms with Crippen molar-refractivity contribution in [2.24, 2.45) is 5.92 Å². The first-order valence-corrected chi connectivity index (χ1v) is 7.59. The van der Waals surface area contributed by atoms with Crippen molar-refractivity contribution in [2.45, 2.75) is 38.6 Å². The Morgan fingerprint density at radius 1 is 1.11 bits per heavy atom. The standard InChI is InChI=1S/C18H23N/c1-2-19-18(12-14-6-5-7-14)17-11-10-15-8-3-4-9-16(15)13-17/h3-4,8-11,13-14,18-19H,2,5-7,12H2,1H3. The summed E-state index contributed by atoms with van der Waals surface area (Å²) >= 11 is 0. The van der Waals surface area contributed by atoms with Crippen LogP contribution in [-0.4, -0.2) is 6.54 Å². The lowest BCUT2D eigenvalue weighted by Crippen LogP contribution is -2.25. The molecule has 0 heterocycles. The van der Waals surface area contributed by atoms with Gasteiger partial charge in [-0.3, -0.25) is 0 Å². The highest BCUT2D eigenvalue weighted by molar-refractivity contribution is 5.83. The van der Waals surface area contributed by atoms with Crippen molar-refractivity contribution in [1.82, 2.24) is 5.32 Å². The lowest BCUT2D eigenvalue weighted by atomic mass is 9.79. The molecule has 1 N–H and O–H groups in total. The molecule has 2 aromatic rings. The van der Waals surface area contributed by atoms with Gasteiger partial charge in [-0.15, -0.1) is 0 Å². The van der Waals surface area contributed by atoms with E-state index in [1.54, 1.807) is 0 Å². The third kappa shape index (κ3) is 2.82. The molecule has 100 valence electrons. The van der Waals surface area contributed by atoms with Gasteiger partial charge in [-0.25, -0.2) is 0 Å². The Labute approximate surface area is 116 Å². The molecule has 19 heavy (non-hydrogen) atoms. The Bertz CT molecular complexity index is 542. The van der Waals surface area contributed by atoms with Gasteiger partial charge in [0.15, 0.2) is 0 Å². The molecule has 0 spiro atoms. The van der Waals surface area contributed by atoms with E-state index in [4.69, 9.17) is 0 Å². The van der Waals surface area contributed by atoms with Crippen LogP contribution in [0, 0.1) is 5.92 Å². The van der Waals surface area contributed by atoms with E-state index in [2.05, 4.69) is 54.7 Å². The van der Waals surface area contributed by atoms with Crippen molar-refractivity contribution in [3.05, 3.63) is 48.0 Å². The Kier molecular flexibility index (Phi) is 3.84. The molecule has 1 atom stereocenters. The van der Waals surface area contributed by atoms with Gasteiger partial charge in [0, 0.05) is 6.04 Å². The highest BCUT2D eigenvalue weighted by Gasteiger charge is 2.22. The van der Waals surface area contributed by atoms with Gasteiger partial charge in [-0.2, -0.15) is 0 Å². The minimum Gasteiger partial charge on any atom is -0.310 e. The molecule has 0 bridgehead atoms. The third-order valence-corrected chi connectivity index (χ3v) is 4.42. The molecule has 2 aromatic carbocycles. The molecule has 0 aliphatic heterocycles. The predicted octanol–water partition coefficient (Wildman–Crippen LogP) is 4.68. The van der Waals surface area contributed by atoms with E-state index in [0.29, 0.717) is 6.04 Å². The minimum atomic E-state index is 0.528. The van der Waals surface area contributed by atoms with Crippen molar-refractivity contribution in [1.29, 1.82) is 0 Å². The van der Waals surface area contributed by atoms with Crippen molar-refractivity contribution < 1.29 is 0 Å². The smallest absolute Gasteiger partial charge is 0.0322 e. The third-order valence-electron chi connectivity index (χ3n) is 4.42. The number of hydrogen-bond donors (Lipinski definition) is 1. The zero-order valence-electron chi connectivity index (χ0n) is 11.7. The fourth-order valence-corrected chi connectivity index (χ4v) is 3.07. The van der Waals surface area contributed by atoms with Crippen LogP contribution < -0.4 is 5.32 Å². The molecule has 1 unspecified atom stereocenters. The van der Waals surface area contributed by atoms with E-state index in [1.165, 1.54) is 42.0 Å². The molecule has 0 aromatic heterocycles. The summed E-state index contributed by atoms with van der Waals surface area (Å²) in [6.07, 6.45) is 5.58. The Hall–Kier alpha value is -1.34. The summed E-state index contributed by atoms with van der Waals surface area (Å²) in [6, 6.07) is 16.1. The maximum absolute atomic E-state index is 3.66. The van der Waals surface area contributed by atoms with Gasteiger partial charge in [0.05, 0.1) is 0 Å². The Morgan fingerprint density at radius 2 is 1.89 bits per heavy atom. The van der Waals surface area contributed by atoms with Gasteiger partial charge in [0.25, 0.3) is 0 Å². The summed E-state index contributed by atoms with van der Waals surface area (Å²) in [5.41, 5.74) is 1.45. The van der Waals surface area contributed by atoms with Crippen molar-refractivity contribution >= 4 is 10.8 Å². The lowest BCUT2D eigenvalue weighted by molar-refractivity contribution is 0.262. The largest absolute Gasteiger partial charge is 0.310 e. The average Bonchev–Trinajstić information content (AvgIpc) is 2.41. The molecule has 1 heteroatoms. The van der Waals surface area contributed by atoms with Crippen LogP contribution in [0.25, 0.3) is 10.8 Å². The second-order valence-corrected chi connectivity index (χ2v) is 5.75. The molecule has 1 nitrogen and oxygen atoms in total. The average molecular weight is 253 g/mol. The van der Waals surface area contributed by atoms with Crippen LogP contribution in [-0.2, 0) is 0 Å². The SMILES string of the molecule is CCNC(CC1CCC1)c1ccc2ccccc2c1. The first-order valence-electron chi connectivity index (χ1n) is 7.59. The van der Waals surface area contributed by atoms with Gasteiger partial charge in [-0.05, 0) is 41.3 Å². The number of nitrogens with one attached hydrogen (secondary N) is 1. The van der Waals surface area contributed by atoms with E-state index in [-0.39, 0.29) is 0 Å². The molecule has 1 aliphatic rings. The van der Waals surface area contributed by atoms with E-state index in [1.807, 2.05) is 0 Å². The van der Waals surface area contributed by atoms with Crippen LogP contribution in [0.15, 0.2) is 42.5 Å². The predicted molar refractivity (Wildman–Crippen MR) is 82.3 cm³/mol. The van der Waals surface area contributed by atoms with Gasteiger partial charge >= 0.3 is 0 Å². The van der Waals surface area contributed by atoms with Crippen LogP contribution >= 0.6 is 0 Å². The molecular weight excluding hydrogens is 230 g/mol. The fourth-order valence-electron chi connectivity index (χ4n) is 3.07. The van der Waals surface area contributed by atoms with Gasteiger partial charge in [0.2, 0.25) is 0 Å². The number of benzene rings is 2. The molecule has 0 amide bonds. The van der Waals surface area contributed by atoms with Crippen LogP contribution in [0.1, 0.15) is 44.2 Å². The molecular formula is C18H23N. The van der Waals surface area contributed by atoms with Crippen molar-refractivity contribution in [3.63, 3.8) is 0 Å². The second-order valence-electron chi connectivity index (χ2n) is 5.75. The summed E-state index contributed by atoms with van der Waals surface area (Å²) in [7, 11) is 0. The molecule has 1 saturated carbocycles. The maximum Gasteiger partial charge on any atom is 0.0322 e. The van der Waals surface area contributed by atoms with Crippen molar-refractivity contribution in [2.75, 3.05) is 6.54 Å². The van der Waals surface area contributed by atoms with E-state index in [9.17, 15) is 0 Å². The second kappa shape index (κ2) is 5.75. The quantitative estimate of drug-likeness (QED) is 0.815. The van der Waals surface area contributed by atoms with Crippen molar-refractivity contribution in [3.8, 4) is 0 Å². The highest BCUT2D eigenvalue weighted by atomic mass is 14.9. The zero-order chi connectivity index (χ0) is 13.1. The van der Waals surface area contributed by atoms with E-state index in [0.717, 1.165) is 12.5 Å². The summed E-state index contributed by atoms with van der Waals surface area (Å²) < 4.78 is 0. The van der Waals surface area contributed by atoms with Gasteiger partial charge in [0.1, 0.15) is 0 Å². The van der Waals surface area contributed by atoms with Crippen LogP contribution in [0.3, 0.4) is 0 Å². The topological polar surface area (TPSA) is 12.0 Å². The van der Waals surface area contributed by atoms with E-state index >= 15 is 0 Å². The molecule has 0 radical (unpaired) electrons. The van der Waals surface area contributed by atoms with E-state index < -0.39 is 0 Å². The Morgan fingerprint density at radius 3 is 2.58 bits per heavy atom. The molecule has 1 fully saturated rings. The van der Waals surface area contributed by atoms with Crippen LogP contribution in [0.2, 0.25) is 0 Å². The molecule has 0 saturated heterocycles. The first-order chi connectivity index (χ1) is 9.36. The maximum atomic E-state index is 3.66. The normalized spacial score (nSPS) is 17.3. The fraction of sp³-hybridized carbons (Fsp3) is 0.444. The first kappa shape index (κ1) is 12.7. The summed E-state index contributed by atoms with van der Waals surface area (Å²) in [5.74, 6) is 0.940. The number of hydrogen-bond acceptors (Lipinski definition) is 1. The summed E-state index contributed by atoms with van der Waals surface area (Å²) in [5, 5.41) is 6.36. The summed E-state index contributed by atoms with van der Waals surface area (Å²) in [4.78, 5) is 0. The number of fused-ring (bicyclic) bond motifs is 1. The molecule has 1 aliphatic carbocycles. The Balaban J connectivity index is 1.85. The van der Waals surface area contributed by atoms with Gasteiger partial charge in [-0.1, -0.05) is 62.6 Å². The van der Waals surface area contributed by atoms with Gasteiger partial charge < -0.3 is 5.32 Å².